The van der Waals surface area contributed by atoms with Gasteiger partial charge in [-0.25, -0.2) is 9.97 Å². The summed E-state index contributed by atoms with van der Waals surface area (Å²) < 4.78 is 0. The Morgan fingerprint density at radius 2 is 1.72 bits per heavy atom. The van der Waals surface area contributed by atoms with Gasteiger partial charge >= 0.3 is 0 Å². The van der Waals surface area contributed by atoms with Crippen LogP contribution in [0.4, 0.5) is 0 Å². The summed E-state index contributed by atoms with van der Waals surface area (Å²) in [5, 5.41) is 0.938. The highest BCUT2D eigenvalue weighted by Crippen LogP contribution is 2.35. The van der Waals surface area contributed by atoms with Crippen LogP contribution in [-0.2, 0) is 0 Å². The molecule has 2 unspecified atom stereocenters. The number of aromatic nitrogens is 2. The van der Waals surface area contributed by atoms with Crippen molar-refractivity contribution in [2.45, 2.75) is 30.3 Å². The van der Waals surface area contributed by atoms with Crippen LogP contribution in [0.2, 0.25) is 0 Å². The number of hydrogen-bond acceptors (Lipinski definition) is 4. The van der Waals surface area contributed by atoms with Crippen LogP contribution in [0, 0.1) is 6.92 Å². The normalized spacial score (nSPS) is 14.2. The molecule has 0 amide bonds. The Labute approximate surface area is 112 Å². The highest BCUT2D eigenvalue weighted by molar-refractivity contribution is 7.99. The van der Waals surface area contributed by atoms with Gasteiger partial charge in [0.05, 0.1) is 5.25 Å². The zero-order valence-corrected chi connectivity index (χ0v) is 11.4. The van der Waals surface area contributed by atoms with Crippen molar-refractivity contribution in [1.82, 2.24) is 9.97 Å². The lowest BCUT2D eigenvalue weighted by Crippen LogP contribution is -2.22. The molecule has 2 aromatic rings. The fraction of sp³-hybridized carbons (Fsp3) is 0.286. The van der Waals surface area contributed by atoms with E-state index < -0.39 is 0 Å². The molecule has 4 heteroatoms. The molecule has 0 radical (unpaired) electrons. The molecule has 0 fully saturated rings. The first-order valence-electron chi connectivity index (χ1n) is 5.92. The smallest absolute Gasteiger partial charge is 0.188 e. The number of thioether (sulfide) groups is 1. The van der Waals surface area contributed by atoms with Crippen molar-refractivity contribution in [3.05, 3.63) is 53.9 Å². The van der Waals surface area contributed by atoms with Gasteiger partial charge in [-0.3, -0.25) is 0 Å². The standard InChI is InChI=1S/C14H17N3S/c1-10-4-6-12(7-5-10)13(11(2)15)18-14-16-8-3-9-17-14/h3-9,11,13H,15H2,1-2H3. The summed E-state index contributed by atoms with van der Waals surface area (Å²) >= 11 is 1.61. The van der Waals surface area contributed by atoms with E-state index in [1.54, 1.807) is 24.2 Å². The van der Waals surface area contributed by atoms with Gasteiger partial charge in [-0.1, -0.05) is 41.6 Å². The number of rotatable bonds is 4. The van der Waals surface area contributed by atoms with Crippen LogP contribution in [0.25, 0.3) is 0 Å². The number of hydrogen-bond donors (Lipinski definition) is 1. The third-order valence-electron chi connectivity index (χ3n) is 2.66. The molecule has 0 aliphatic rings. The lowest BCUT2D eigenvalue weighted by atomic mass is 10.1. The maximum absolute atomic E-state index is 6.08. The largest absolute Gasteiger partial charge is 0.327 e. The quantitative estimate of drug-likeness (QED) is 0.677. The van der Waals surface area contributed by atoms with Crippen molar-refractivity contribution < 1.29 is 0 Å². The lowest BCUT2D eigenvalue weighted by Gasteiger charge is -2.19. The maximum atomic E-state index is 6.08. The summed E-state index contributed by atoms with van der Waals surface area (Å²) in [6, 6.07) is 10.3. The molecule has 1 aromatic heterocycles. The molecule has 0 spiro atoms. The summed E-state index contributed by atoms with van der Waals surface area (Å²) in [6.45, 7) is 4.10. The highest BCUT2D eigenvalue weighted by atomic mass is 32.2. The van der Waals surface area contributed by atoms with Crippen LogP contribution >= 0.6 is 11.8 Å². The Morgan fingerprint density at radius 1 is 1.11 bits per heavy atom. The van der Waals surface area contributed by atoms with E-state index in [-0.39, 0.29) is 11.3 Å². The predicted octanol–water partition coefficient (Wildman–Crippen LogP) is 2.97. The van der Waals surface area contributed by atoms with Gasteiger partial charge in [0.1, 0.15) is 0 Å². The van der Waals surface area contributed by atoms with E-state index in [1.807, 2.05) is 13.0 Å². The van der Waals surface area contributed by atoms with Crippen molar-refractivity contribution >= 4 is 11.8 Å². The molecule has 94 valence electrons. The number of nitrogens with zero attached hydrogens (tertiary/aromatic N) is 2. The molecule has 0 aliphatic carbocycles. The molecule has 2 atom stereocenters. The van der Waals surface area contributed by atoms with Gasteiger partial charge in [-0.15, -0.1) is 0 Å². The maximum Gasteiger partial charge on any atom is 0.188 e. The first-order chi connectivity index (χ1) is 8.66. The third-order valence-corrected chi connectivity index (χ3v) is 4.03. The monoisotopic (exact) mass is 259 g/mol. The van der Waals surface area contributed by atoms with Crippen LogP contribution in [-0.4, -0.2) is 16.0 Å². The Bertz CT molecular complexity index is 482. The summed E-state index contributed by atoms with van der Waals surface area (Å²) in [6.07, 6.45) is 3.51. The molecule has 0 saturated heterocycles. The first-order valence-corrected chi connectivity index (χ1v) is 6.80. The molecular formula is C14H17N3S. The van der Waals surface area contributed by atoms with E-state index >= 15 is 0 Å². The van der Waals surface area contributed by atoms with E-state index in [0.717, 1.165) is 5.16 Å². The first kappa shape index (κ1) is 13.1. The summed E-state index contributed by atoms with van der Waals surface area (Å²) in [4.78, 5) is 8.48. The average Bonchev–Trinajstić information content (AvgIpc) is 2.38. The van der Waals surface area contributed by atoms with Gasteiger partial charge in [-0.05, 0) is 25.5 Å². The van der Waals surface area contributed by atoms with Crippen molar-refractivity contribution in [2.24, 2.45) is 5.73 Å². The molecule has 2 rings (SSSR count). The second-order valence-electron chi connectivity index (χ2n) is 4.34. The molecule has 3 nitrogen and oxygen atoms in total. The zero-order chi connectivity index (χ0) is 13.0. The van der Waals surface area contributed by atoms with E-state index in [2.05, 4.69) is 41.2 Å². The molecule has 0 bridgehead atoms. The third kappa shape index (κ3) is 3.31. The molecule has 0 saturated carbocycles. The fourth-order valence-electron chi connectivity index (χ4n) is 1.69. The Hall–Kier alpha value is -1.39. The Morgan fingerprint density at radius 3 is 2.28 bits per heavy atom. The minimum atomic E-state index is 0.0431. The zero-order valence-electron chi connectivity index (χ0n) is 10.6. The van der Waals surface area contributed by atoms with Gasteiger partial charge in [0, 0.05) is 18.4 Å². The van der Waals surface area contributed by atoms with Crippen molar-refractivity contribution in [1.29, 1.82) is 0 Å². The van der Waals surface area contributed by atoms with Gasteiger partial charge in [-0.2, -0.15) is 0 Å². The van der Waals surface area contributed by atoms with Crippen LogP contribution in [0.3, 0.4) is 0 Å². The summed E-state index contributed by atoms with van der Waals surface area (Å²) in [5.74, 6) is 0. The number of aryl methyl sites for hydroxylation is 1. The van der Waals surface area contributed by atoms with Gasteiger partial charge in [0.15, 0.2) is 5.16 Å². The van der Waals surface area contributed by atoms with Gasteiger partial charge in [0.25, 0.3) is 0 Å². The molecule has 1 aromatic carbocycles. The van der Waals surface area contributed by atoms with Gasteiger partial charge < -0.3 is 5.73 Å². The Balaban J connectivity index is 2.21. The van der Waals surface area contributed by atoms with E-state index in [1.165, 1.54) is 11.1 Å². The van der Waals surface area contributed by atoms with Crippen LogP contribution in [0.5, 0.6) is 0 Å². The highest BCUT2D eigenvalue weighted by Gasteiger charge is 2.18. The van der Waals surface area contributed by atoms with Crippen LogP contribution in [0.1, 0.15) is 23.3 Å². The van der Waals surface area contributed by atoms with E-state index in [4.69, 9.17) is 5.73 Å². The predicted molar refractivity (Wildman–Crippen MR) is 75.5 cm³/mol. The second-order valence-corrected chi connectivity index (χ2v) is 5.45. The van der Waals surface area contributed by atoms with Crippen LogP contribution in [0.15, 0.2) is 47.9 Å². The van der Waals surface area contributed by atoms with E-state index in [9.17, 15) is 0 Å². The minimum Gasteiger partial charge on any atom is -0.327 e. The Kier molecular flexibility index (Phi) is 4.33. The number of benzene rings is 1. The SMILES string of the molecule is Cc1ccc(C(Sc2ncccn2)C(C)N)cc1. The van der Waals surface area contributed by atoms with Gasteiger partial charge in [0.2, 0.25) is 0 Å². The number of nitrogens with two attached hydrogens (primary N) is 1. The van der Waals surface area contributed by atoms with Crippen molar-refractivity contribution in [3.63, 3.8) is 0 Å². The summed E-state index contributed by atoms with van der Waals surface area (Å²) in [7, 11) is 0. The topological polar surface area (TPSA) is 51.8 Å². The minimum absolute atomic E-state index is 0.0431. The van der Waals surface area contributed by atoms with Crippen molar-refractivity contribution in [3.8, 4) is 0 Å². The van der Waals surface area contributed by atoms with Crippen molar-refractivity contribution in [2.75, 3.05) is 0 Å². The molecule has 2 N–H and O–H groups in total. The molecular weight excluding hydrogens is 242 g/mol. The molecule has 1 heterocycles. The molecule has 0 aliphatic heterocycles. The fourth-order valence-corrected chi connectivity index (χ4v) is 2.67. The lowest BCUT2D eigenvalue weighted by molar-refractivity contribution is 0.717. The van der Waals surface area contributed by atoms with E-state index in [0.29, 0.717) is 0 Å². The average molecular weight is 259 g/mol. The molecule has 18 heavy (non-hydrogen) atoms. The van der Waals surface area contributed by atoms with Crippen LogP contribution < -0.4 is 5.73 Å². The second kappa shape index (κ2) is 5.98. The summed E-state index contributed by atoms with van der Waals surface area (Å²) in [5.41, 5.74) is 8.55.